The van der Waals surface area contributed by atoms with Crippen molar-refractivity contribution < 1.29 is 19.5 Å². The zero-order valence-corrected chi connectivity index (χ0v) is 12.3. The molecular weight excluding hydrogens is 260 g/mol. The van der Waals surface area contributed by atoms with Crippen LogP contribution in [0.5, 0.6) is 0 Å². The Balaban J connectivity index is 2.57. The number of likely N-dealkylation sites (tertiary alicyclic amines) is 1. The van der Waals surface area contributed by atoms with Gasteiger partial charge in [0.25, 0.3) is 0 Å². The van der Waals surface area contributed by atoms with E-state index in [9.17, 15) is 14.4 Å². The van der Waals surface area contributed by atoms with Crippen LogP contribution >= 0.6 is 0 Å². The van der Waals surface area contributed by atoms with Crippen molar-refractivity contribution in [2.24, 2.45) is 0 Å². The van der Waals surface area contributed by atoms with Gasteiger partial charge in [0.2, 0.25) is 11.8 Å². The highest BCUT2D eigenvalue weighted by atomic mass is 16.4. The number of carboxylic acid groups (broad SMARTS) is 1. The van der Waals surface area contributed by atoms with Crippen LogP contribution in [0.3, 0.4) is 0 Å². The van der Waals surface area contributed by atoms with E-state index in [1.54, 1.807) is 23.8 Å². The Kier molecular flexibility index (Phi) is 6.48. The summed E-state index contributed by atoms with van der Waals surface area (Å²) < 4.78 is 0. The van der Waals surface area contributed by atoms with Gasteiger partial charge >= 0.3 is 5.97 Å². The lowest BCUT2D eigenvalue weighted by molar-refractivity contribution is -0.147. The monoisotopic (exact) mass is 284 g/mol. The van der Waals surface area contributed by atoms with Crippen LogP contribution in [-0.4, -0.2) is 58.9 Å². The van der Waals surface area contributed by atoms with E-state index in [0.29, 0.717) is 32.4 Å². The van der Waals surface area contributed by atoms with Gasteiger partial charge in [-0.25, -0.2) is 0 Å². The molecule has 0 aromatic heterocycles. The molecule has 1 atom stereocenters. The predicted octanol–water partition coefficient (Wildman–Crippen LogP) is 1.10. The number of rotatable bonds is 6. The van der Waals surface area contributed by atoms with Crippen LogP contribution in [0.25, 0.3) is 0 Å². The molecule has 1 saturated heterocycles. The number of carbonyl (C=O) groups excluding carboxylic acids is 2. The molecule has 2 amide bonds. The molecule has 1 N–H and O–H groups in total. The topological polar surface area (TPSA) is 77.9 Å². The predicted molar refractivity (Wildman–Crippen MR) is 74.1 cm³/mol. The zero-order chi connectivity index (χ0) is 15.1. The van der Waals surface area contributed by atoms with E-state index in [4.69, 9.17) is 5.11 Å². The minimum atomic E-state index is -0.855. The normalized spacial score (nSPS) is 18.7. The smallest absolute Gasteiger partial charge is 0.303 e. The first kappa shape index (κ1) is 16.5. The molecule has 1 heterocycles. The SMILES string of the molecule is CCC(=O)N1CCCCC1C(=O)N(C)CCCC(=O)O. The van der Waals surface area contributed by atoms with Crippen molar-refractivity contribution >= 4 is 17.8 Å². The second-order valence-electron chi connectivity index (χ2n) is 5.21. The molecule has 6 heteroatoms. The summed E-state index contributed by atoms with van der Waals surface area (Å²) in [6.07, 6.45) is 3.50. The van der Waals surface area contributed by atoms with Gasteiger partial charge in [-0.3, -0.25) is 14.4 Å². The molecular formula is C14H24N2O4. The van der Waals surface area contributed by atoms with Crippen LogP contribution in [0.1, 0.15) is 45.4 Å². The molecule has 114 valence electrons. The molecule has 1 fully saturated rings. The van der Waals surface area contributed by atoms with Crippen LogP contribution in [-0.2, 0) is 14.4 Å². The third-order valence-electron chi connectivity index (χ3n) is 3.67. The maximum absolute atomic E-state index is 12.4. The maximum Gasteiger partial charge on any atom is 0.303 e. The lowest BCUT2D eigenvalue weighted by atomic mass is 10.0. The second-order valence-corrected chi connectivity index (χ2v) is 5.21. The van der Waals surface area contributed by atoms with Gasteiger partial charge in [0.15, 0.2) is 0 Å². The van der Waals surface area contributed by atoms with Crippen molar-refractivity contribution in [3.05, 3.63) is 0 Å². The molecule has 1 aliphatic heterocycles. The molecule has 1 unspecified atom stereocenters. The van der Waals surface area contributed by atoms with Gasteiger partial charge in [-0.15, -0.1) is 0 Å². The Morgan fingerprint density at radius 3 is 2.60 bits per heavy atom. The first-order valence-electron chi connectivity index (χ1n) is 7.23. The summed E-state index contributed by atoms with van der Waals surface area (Å²) in [4.78, 5) is 38.0. The summed E-state index contributed by atoms with van der Waals surface area (Å²) in [5.74, 6) is -0.912. The van der Waals surface area contributed by atoms with E-state index in [0.717, 1.165) is 12.8 Å². The lowest BCUT2D eigenvalue weighted by Gasteiger charge is -2.36. The van der Waals surface area contributed by atoms with E-state index < -0.39 is 5.97 Å². The highest BCUT2D eigenvalue weighted by Crippen LogP contribution is 2.19. The fraction of sp³-hybridized carbons (Fsp3) is 0.786. The number of nitrogens with zero attached hydrogens (tertiary/aromatic N) is 2. The lowest BCUT2D eigenvalue weighted by Crippen LogP contribution is -2.52. The fourth-order valence-electron chi connectivity index (χ4n) is 2.52. The van der Waals surface area contributed by atoms with Crippen molar-refractivity contribution in [3.8, 4) is 0 Å². The Labute approximate surface area is 119 Å². The van der Waals surface area contributed by atoms with E-state index in [2.05, 4.69) is 0 Å². The molecule has 0 aromatic rings. The second kappa shape index (κ2) is 7.87. The average molecular weight is 284 g/mol. The van der Waals surface area contributed by atoms with E-state index in [1.165, 1.54) is 0 Å². The van der Waals surface area contributed by atoms with Gasteiger partial charge in [-0.05, 0) is 25.7 Å². The molecule has 0 saturated carbocycles. The number of hydrogen-bond donors (Lipinski definition) is 1. The number of hydrogen-bond acceptors (Lipinski definition) is 3. The van der Waals surface area contributed by atoms with Gasteiger partial charge in [0, 0.05) is 33.0 Å². The Morgan fingerprint density at radius 1 is 1.30 bits per heavy atom. The molecule has 0 spiro atoms. The molecule has 20 heavy (non-hydrogen) atoms. The van der Waals surface area contributed by atoms with Gasteiger partial charge in [0.1, 0.15) is 6.04 Å². The minimum absolute atomic E-state index is 0.0157. The standard InChI is InChI=1S/C14H24N2O4/c1-3-12(17)16-10-5-4-7-11(16)14(20)15(2)9-6-8-13(18)19/h11H,3-10H2,1-2H3,(H,18,19). The number of piperidine rings is 1. The molecule has 0 bridgehead atoms. The number of carbonyl (C=O) groups is 3. The van der Waals surface area contributed by atoms with Crippen LogP contribution in [0.15, 0.2) is 0 Å². The summed E-state index contributed by atoms with van der Waals surface area (Å²) >= 11 is 0. The molecule has 6 nitrogen and oxygen atoms in total. The van der Waals surface area contributed by atoms with Gasteiger partial charge in [-0.1, -0.05) is 6.92 Å². The Hall–Kier alpha value is -1.59. The molecule has 0 radical (unpaired) electrons. The Morgan fingerprint density at radius 2 is 2.00 bits per heavy atom. The van der Waals surface area contributed by atoms with Crippen molar-refractivity contribution in [2.45, 2.75) is 51.5 Å². The number of carboxylic acids is 1. The number of amides is 2. The average Bonchev–Trinajstić information content (AvgIpc) is 2.45. The molecule has 0 aromatic carbocycles. The first-order chi connectivity index (χ1) is 9.47. The van der Waals surface area contributed by atoms with Crippen LogP contribution in [0, 0.1) is 0 Å². The van der Waals surface area contributed by atoms with Crippen LogP contribution < -0.4 is 0 Å². The van der Waals surface area contributed by atoms with Crippen molar-refractivity contribution in [1.82, 2.24) is 9.80 Å². The largest absolute Gasteiger partial charge is 0.481 e. The van der Waals surface area contributed by atoms with E-state index in [-0.39, 0.29) is 24.3 Å². The Bertz CT molecular complexity index is 370. The van der Waals surface area contributed by atoms with E-state index >= 15 is 0 Å². The third-order valence-corrected chi connectivity index (χ3v) is 3.67. The van der Waals surface area contributed by atoms with Gasteiger partial charge in [0.05, 0.1) is 0 Å². The van der Waals surface area contributed by atoms with Crippen molar-refractivity contribution in [3.63, 3.8) is 0 Å². The highest BCUT2D eigenvalue weighted by Gasteiger charge is 2.32. The van der Waals surface area contributed by atoms with Crippen molar-refractivity contribution in [2.75, 3.05) is 20.1 Å². The zero-order valence-electron chi connectivity index (χ0n) is 12.3. The third kappa shape index (κ3) is 4.51. The molecule has 1 aliphatic rings. The number of likely N-dealkylation sites (N-methyl/N-ethyl adjacent to an activating group) is 1. The first-order valence-corrected chi connectivity index (χ1v) is 7.23. The van der Waals surface area contributed by atoms with Gasteiger partial charge < -0.3 is 14.9 Å². The highest BCUT2D eigenvalue weighted by molar-refractivity contribution is 5.87. The fourth-order valence-corrected chi connectivity index (χ4v) is 2.52. The quantitative estimate of drug-likeness (QED) is 0.792. The van der Waals surface area contributed by atoms with Gasteiger partial charge in [-0.2, -0.15) is 0 Å². The summed E-state index contributed by atoms with van der Waals surface area (Å²) in [6.45, 7) is 2.86. The minimum Gasteiger partial charge on any atom is -0.481 e. The summed E-state index contributed by atoms with van der Waals surface area (Å²) in [7, 11) is 1.67. The maximum atomic E-state index is 12.4. The van der Waals surface area contributed by atoms with Crippen LogP contribution in [0.4, 0.5) is 0 Å². The summed E-state index contributed by atoms with van der Waals surface area (Å²) in [5, 5.41) is 8.60. The molecule has 1 rings (SSSR count). The van der Waals surface area contributed by atoms with Crippen LogP contribution in [0.2, 0.25) is 0 Å². The van der Waals surface area contributed by atoms with E-state index in [1.807, 2.05) is 0 Å². The summed E-state index contributed by atoms with van der Waals surface area (Å²) in [5.41, 5.74) is 0. The van der Waals surface area contributed by atoms with Crippen molar-refractivity contribution in [1.29, 1.82) is 0 Å². The molecule has 0 aliphatic carbocycles. The number of aliphatic carboxylic acids is 1. The summed E-state index contributed by atoms with van der Waals surface area (Å²) in [6, 6.07) is -0.369.